The predicted octanol–water partition coefficient (Wildman–Crippen LogP) is -0.787. The Bertz CT molecular complexity index is 1810. The van der Waals surface area contributed by atoms with Gasteiger partial charge in [0.15, 0.2) is 16.6 Å². The minimum absolute atomic E-state index is 0.00848. The second-order valence-corrected chi connectivity index (χ2v) is 14.6. The van der Waals surface area contributed by atoms with E-state index in [2.05, 4.69) is 25.1 Å². The van der Waals surface area contributed by atoms with Gasteiger partial charge in [-0.3, -0.25) is 19.3 Å². The number of hydrogen-bond donors (Lipinski definition) is 6. The monoisotopic (exact) mass is 752 g/mol. The molecule has 0 saturated carbocycles. The number of rotatable bonds is 13. The molecular formula is C29H33ClN8O10S2. The van der Waals surface area contributed by atoms with Gasteiger partial charge in [0.2, 0.25) is 17.1 Å². The molecule has 0 spiro atoms. The van der Waals surface area contributed by atoms with Crippen molar-refractivity contribution in [2.75, 3.05) is 44.2 Å². The van der Waals surface area contributed by atoms with E-state index in [4.69, 9.17) is 22.2 Å². The summed E-state index contributed by atoms with van der Waals surface area (Å²) in [6.07, 6.45) is 1.73. The van der Waals surface area contributed by atoms with Gasteiger partial charge >= 0.3 is 5.97 Å². The Balaban J connectivity index is 1.29. The van der Waals surface area contributed by atoms with Crippen molar-refractivity contribution in [3.05, 3.63) is 39.8 Å². The van der Waals surface area contributed by atoms with Crippen LogP contribution in [0.5, 0.6) is 11.5 Å². The summed E-state index contributed by atoms with van der Waals surface area (Å²) < 4.78 is 4.37. The molecule has 0 bridgehead atoms. The quantitative estimate of drug-likeness (QED) is 0.0482. The molecule has 2 fully saturated rings. The number of fused-ring (bicyclic) bond motifs is 1. The fourth-order valence-electron chi connectivity index (χ4n) is 5.82. The predicted molar refractivity (Wildman–Crippen MR) is 177 cm³/mol. The number of oxime groups is 1. The van der Waals surface area contributed by atoms with Gasteiger partial charge in [0.25, 0.3) is 17.7 Å². The van der Waals surface area contributed by atoms with Crippen molar-refractivity contribution >= 4 is 75.4 Å². The molecule has 1 aromatic carbocycles. The standard InChI is InChI=1S/C29H33ClN8O10S2/c1-29(2,27(46)47)48-35-17(21-34-28(31)50-36-21)23(42)33-18-24(43)37-19(26(44)45)13(12-49-25(18)37)11-38(8-3-4-9-38)10-7-32-22(41)14-5-6-15(39)20(40)16(14)30/h5-6,18,25H,3-4,7-12H2,1-2H3,(H7-,31,32,33,34,35,36,39,40,41,42,44,45,46,47)/t18-,25-/m1/s1. The van der Waals surface area contributed by atoms with Crippen LogP contribution in [0.25, 0.3) is 0 Å². The number of amides is 3. The third kappa shape index (κ3) is 7.28. The summed E-state index contributed by atoms with van der Waals surface area (Å²) >= 11 is 8.02. The Labute approximate surface area is 297 Å². The average molecular weight is 753 g/mol. The van der Waals surface area contributed by atoms with E-state index in [-0.39, 0.29) is 46.1 Å². The van der Waals surface area contributed by atoms with Crippen LogP contribution in [-0.4, -0.2) is 125 Å². The van der Waals surface area contributed by atoms with Gasteiger partial charge in [-0.15, -0.1) is 11.8 Å². The highest BCUT2D eigenvalue weighted by atomic mass is 35.5. The molecule has 0 aliphatic carbocycles. The third-order valence-electron chi connectivity index (χ3n) is 8.53. The summed E-state index contributed by atoms with van der Waals surface area (Å²) in [4.78, 5) is 73.6. The second kappa shape index (κ2) is 14.3. The molecule has 268 valence electrons. The number of carbonyl (C=O) groups is 5. The molecule has 4 heterocycles. The number of hydrogen-bond acceptors (Lipinski definition) is 15. The molecule has 18 nitrogen and oxygen atoms in total. The zero-order valence-corrected chi connectivity index (χ0v) is 29.1. The van der Waals surface area contributed by atoms with Gasteiger partial charge in [-0.05, 0) is 26.0 Å². The van der Waals surface area contributed by atoms with E-state index in [1.54, 1.807) is 0 Å². The summed E-state index contributed by atoms with van der Waals surface area (Å²) in [5, 5.41) is 49.2. The number of carboxylic acids is 2. The number of phenols is 2. The van der Waals surface area contributed by atoms with E-state index in [0.717, 1.165) is 35.3 Å². The topological polar surface area (TPSA) is 270 Å². The number of aromatic hydroxyl groups is 2. The zero-order valence-electron chi connectivity index (χ0n) is 26.7. The number of halogens is 1. The highest BCUT2D eigenvalue weighted by Crippen LogP contribution is 2.41. The highest BCUT2D eigenvalue weighted by Gasteiger charge is 2.54. The number of nitrogens with zero attached hydrogens (tertiary/aromatic N) is 5. The Kier molecular flexibility index (Phi) is 10.5. The van der Waals surface area contributed by atoms with Crippen molar-refractivity contribution in [2.45, 2.75) is 43.7 Å². The number of anilines is 1. The van der Waals surface area contributed by atoms with Crippen LogP contribution in [0.15, 0.2) is 28.6 Å². The zero-order chi connectivity index (χ0) is 36.5. The molecule has 2 saturated heterocycles. The number of benzene rings is 1. The molecule has 3 aliphatic rings. The number of β-lactam (4-membered cyclic amide) rings is 1. The Morgan fingerprint density at radius 1 is 1.24 bits per heavy atom. The number of carboxylic acid groups (broad SMARTS) is 2. The minimum atomic E-state index is -1.83. The third-order valence-corrected chi connectivity index (χ3v) is 10.8. The maximum Gasteiger partial charge on any atom is 0.350 e. The number of aromatic nitrogens is 2. The number of likely N-dealkylation sites (tertiary alicyclic amines) is 1. The number of aliphatic carboxylic acids is 2. The number of quaternary nitrogens is 1. The number of phenolic OH excluding ortho intramolecular Hbond substituents is 2. The highest BCUT2D eigenvalue weighted by molar-refractivity contribution is 8.00. The van der Waals surface area contributed by atoms with Gasteiger partial charge in [0.1, 0.15) is 18.0 Å². The number of nitrogens with two attached hydrogens (primary N) is 1. The van der Waals surface area contributed by atoms with Crippen LogP contribution in [0.2, 0.25) is 5.02 Å². The first-order chi connectivity index (χ1) is 23.5. The normalized spacial score (nSPS) is 20.2. The molecule has 0 radical (unpaired) electrons. The van der Waals surface area contributed by atoms with Crippen molar-refractivity contribution in [1.82, 2.24) is 24.9 Å². The van der Waals surface area contributed by atoms with E-state index in [9.17, 15) is 44.4 Å². The molecule has 2 atom stereocenters. The van der Waals surface area contributed by atoms with Crippen LogP contribution < -0.4 is 21.5 Å². The number of thioether (sulfide) groups is 1. The van der Waals surface area contributed by atoms with Gasteiger partial charge in [0.05, 0.1) is 48.4 Å². The summed E-state index contributed by atoms with van der Waals surface area (Å²) in [6.45, 7) is 4.69. The minimum Gasteiger partial charge on any atom is -0.543 e. The molecule has 1 aromatic heterocycles. The molecule has 0 unspecified atom stereocenters. The summed E-state index contributed by atoms with van der Waals surface area (Å²) in [6, 6.07) is 1.26. The fraction of sp³-hybridized carbons (Fsp3) is 0.448. The first-order valence-electron chi connectivity index (χ1n) is 15.2. The van der Waals surface area contributed by atoms with Crippen LogP contribution in [0, 0.1) is 0 Å². The van der Waals surface area contributed by atoms with E-state index in [1.807, 2.05) is 0 Å². The average Bonchev–Trinajstić information content (AvgIpc) is 3.71. The van der Waals surface area contributed by atoms with Crippen molar-refractivity contribution in [2.24, 2.45) is 5.16 Å². The fourth-order valence-corrected chi connectivity index (χ4v) is 7.84. The summed E-state index contributed by atoms with van der Waals surface area (Å²) in [5.41, 5.74) is 3.46. The largest absolute Gasteiger partial charge is 0.543 e. The number of nitrogens with one attached hydrogen (secondary N) is 2. The summed E-state index contributed by atoms with van der Waals surface area (Å²) in [5.74, 6) is -6.28. The number of nitrogen functional groups attached to an aromatic ring is 1. The van der Waals surface area contributed by atoms with Gasteiger partial charge in [-0.2, -0.15) is 9.36 Å². The maximum absolute atomic E-state index is 13.4. The Hall–Kier alpha value is -4.66. The van der Waals surface area contributed by atoms with E-state index in [1.165, 1.54) is 31.7 Å². The van der Waals surface area contributed by atoms with Gasteiger partial charge in [-0.25, -0.2) is 4.79 Å². The van der Waals surface area contributed by atoms with Crippen LogP contribution in [0.3, 0.4) is 0 Å². The van der Waals surface area contributed by atoms with E-state index in [0.29, 0.717) is 29.7 Å². The van der Waals surface area contributed by atoms with Crippen LogP contribution in [0.4, 0.5) is 5.13 Å². The van der Waals surface area contributed by atoms with Crippen molar-refractivity contribution in [3.63, 3.8) is 0 Å². The van der Waals surface area contributed by atoms with Crippen molar-refractivity contribution < 1.29 is 53.7 Å². The molecule has 5 rings (SSSR count). The molecule has 50 heavy (non-hydrogen) atoms. The lowest BCUT2D eigenvalue weighted by molar-refractivity contribution is -0.911. The van der Waals surface area contributed by atoms with Crippen molar-refractivity contribution in [1.29, 1.82) is 0 Å². The molecule has 21 heteroatoms. The van der Waals surface area contributed by atoms with Gasteiger partial charge < -0.3 is 50.9 Å². The maximum atomic E-state index is 13.4. The van der Waals surface area contributed by atoms with E-state index < -0.39 is 63.9 Å². The van der Waals surface area contributed by atoms with E-state index >= 15 is 0 Å². The molecule has 2 aromatic rings. The first kappa shape index (κ1) is 36.6. The van der Waals surface area contributed by atoms with Gasteiger partial charge in [0, 0.05) is 35.7 Å². The second-order valence-electron chi connectivity index (χ2n) is 12.3. The first-order valence-corrected chi connectivity index (χ1v) is 17.4. The van der Waals surface area contributed by atoms with Crippen LogP contribution >= 0.6 is 34.9 Å². The molecule has 7 N–H and O–H groups in total. The SMILES string of the molecule is CC(C)(O/N=C(\C(=O)N[C@@H]1C(=O)N2C(C(=O)[O-])=C(C[N+]3(CCNC(=O)c4ccc(O)c(O)c4Cl)CCCC3)CS[C@H]12)c1nsc(N)n1)C(=O)O. The van der Waals surface area contributed by atoms with Crippen LogP contribution in [-0.2, 0) is 24.0 Å². The Morgan fingerprint density at radius 3 is 2.56 bits per heavy atom. The smallest absolute Gasteiger partial charge is 0.350 e. The van der Waals surface area contributed by atoms with Gasteiger partial charge in [-0.1, -0.05) is 16.8 Å². The Morgan fingerprint density at radius 2 is 1.94 bits per heavy atom. The lowest BCUT2D eigenvalue weighted by Crippen LogP contribution is -2.72. The molecular weight excluding hydrogens is 720 g/mol. The number of carbonyl (C=O) groups excluding carboxylic acids is 4. The lowest BCUT2D eigenvalue weighted by atomic mass is 10.0. The lowest BCUT2D eigenvalue weighted by Gasteiger charge is -2.51. The summed E-state index contributed by atoms with van der Waals surface area (Å²) in [7, 11) is 0. The van der Waals surface area contributed by atoms with Crippen LogP contribution in [0.1, 0.15) is 42.9 Å². The molecule has 3 amide bonds. The van der Waals surface area contributed by atoms with Crippen molar-refractivity contribution in [3.8, 4) is 11.5 Å². The molecule has 3 aliphatic heterocycles.